The summed E-state index contributed by atoms with van der Waals surface area (Å²) < 4.78 is 13.3. The van der Waals surface area contributed by atoms with Gasteiger partial charge in [-0.05, 0) is 30.0 Å². The number of benzene rings is 1. The van der Waals surface area contributed by atoms with E-state index in [0.717, 1.165) is 18.7 Å². The number of hydrogen-bond acceptors (Lipinski definition) is 3. The number of rotatable bonds is 2. The van der Waals surface area contributed by atoms with E-state index in [4.69, 9.17) is 0 Å². The van der Waals surface area contributed by atoms with Crippen molar-refractivity contribution in [3.05, 3.63) is 53.5 Å². The van der Waals surface area contributed by atoms with Gasteiger partial charge in [-0.1, -0.05) is 25.1 Å². The molecule has 3 rings (SSSR count). The first-order valence-electron chi connectivity index (χ1n) is 6.79. The van der Waals surface area contributed by atoms with Gasteiger partial charge in [0, 0.05) is 17.8 Å². The van der Waals surface area contributed by atoms with Crippen molar-refractivity contribution in [2.75, 3.05) is 11.4 Å². The highest BCUT2D eigenvalue weighted by Crippen LogP contribution is 2.35. The first-order chi connectivity index (χ1) is 9.69. The summed E-state index contributed by atoms with van der Waals surface area (Å²) in [4.78, 5) is 6.27. The van der Waals surface area contributed by atoms with E-state index >= 15 is 0 Å². The van der Waals surface area contributed by atoms with Gasteiger partial charge in [-0.15, -0.1) is 0 Å². The van der Waals surface area contributed by atoms with Crippen LogP contribution in [0.3, 0.4) is 0 Å². The molecule has 0 radical (unpaired) electrons. The van der Waals surface area contributed by atoms with E-state index in [1.807, 2.05) is 18.2 Å². The predicted molar refractivity (Wildman–Crippen MR) is 76.4 cm³/mol. The Morgan fingerprint density at radius 3 is 3.00 bits per heavy atom. The number of para-hydroxylation sites is 1. The molecule has 104 valence electrons. The van der Waals surface area contributed by atoms with Crippen LogP contribution in [0.25, 0.3) is 0 Å². The molecule has 0 saturated carbocycles. The van der Waals surface area contributed by atoms with Crippen LogP contribution in [0.5, 0.6) is 0 Å². The molecule has 0 fully saturated rings. The minimum Gasteiger partial charge on any atom is -0.392 e. The number of halogens is 1. The Morgan fingerprint density at radius 2 is 2.20 bits per heavy atom. The summed E-state index contributed by atoms with van der Waals surface area (Å²) in [6.07, 6.45) is 2.23. The Hall–Kier alpha value is -1.94. The lowest BCUT2D eigenvalue weighted by molar-refractivity contribution is 0.281. The molecule has 1 atom stereocenters. The van der Waals surface area contributed by atoms with Gasteiger partial charge in [0.05, 0.1) is 12.8 Å². The lowest BCUT2D eigenvalue weighted by Crippen LogP contribution is -2.31. The van der Waals surface area contributed by atoms with Crippen molar-refractivity contribution in [3.63, 3.8) is 0 Å². The van der Waals surface area contributed by atoms with Crippen LogP contribution in [0.2, 0.25) is 0 Å². The molecule has 0 bridgehead atoms. The first-order valence-corrected chi connectivity index (χ1v) is 6.79. The van der Waals surface area contributed by atoms with Crippen LogP contribution in [0.1, 0.15) is 18.1 Å². The Morgan fingerprint density at radius 1 is 1.40 bits per heavy atom. The molecule has 1 unspecified atom stereocenters. The van der Waals surface area contributed by atoms with Gasteiger partial charge in [0.1, 0.15) is 11.6 Å². The molecular formula is C16H17FN2O. The number of anilines is 2. The standard InChI is InChI=1S/C16H17FN2O/c1-11-6-12-4-2-3-5-15(12)19(9-11)16-13(10-20)7-14(17)8-18-16/h2-5,7-8,11,20H,6,9-10H2,1H3. The summed E-state index contributed by atoms with van der Waals surface area (Å²) in [6, 6.07) is 9.53. The van der Waals surface area contributed by atoms with Gasteiger partial charge in [-0.3, -0.25) is 0 Å². The lowest BCUT2D eigenvalue weighted by atomic mass is 9.93. The summed E-state index contributed by atoms with van der Waals surface area (Å²) in [6.45, 7) is 2.79. The SMILES string of the molecule is CC1Cc2ccccc2N(c2ncc(F)cc2CO)C1. The van der Waals surface area contributed by atoms with Gasteiger partial charge in [-0.2, -0.15) is 0 Å². The average molecular weight is 272 g/mol. The lowest BCUT2D eigenvalue weighted by Gasteiger charge is -2.34. The number of aliphatic hydroxyl groups is 1. The topological polar surface area (TPSA) is 36.4 Å². The minimum absolute atomic E-state index is 0.215. The number of pyridine rings is 1. The smallest absolute Gasteiger partial charge is 0.142 e. The minimum atomic E-state index is -0.420. The van der Waals surface area contributed by atoms with E-state index in [1.54, 1.807) is 0 Å². The van der Waals surface area contributed by atoms with E-state index < -0.39 is 5.82 Å². The van der Waals surface area contributed by atoms with Gasteiger partial charge in [0.25, 0.3) is 0 Å². The summed E-state index contributed by atoms with van der Waals surface area (Å²) in [7, 11) is 0. The summed E-state index contributed by atoms with van der Waals surface area (Å²) in [5, 5.41) is 9.45. The van der Waals surface area contributed by atoms with Crippen LogP contribution < -0.4 is 4.90 Å². The van der Waals surface area contributed by atoms with Crippen LogP contribution in [0.4, 0.5) is 15.9 Å². The third-order valence-electron chi connectivity index (χ3n) is 3.68. The zero-order valence-electron chi connectivity index (χ0n) is 11.4. The number of nitrogens with zero attached hydrogens (tertiary/aromatic N) is 2. The molecule has 3 nitrogen and oxygen atoms in total. The molecule has 1 aromatic carbocycles. The second-order valence-corrected chi connectivity index (χ2v) is 5.34. The molecule has 1 aliphatic heterocycles. The van der Waals surface area contributed by atoms with Crippen molar-refractivity contribution < 1.29 is 9.50 Å². The fourth-order valence-corrected chi connectivity index (χ4v) is 2.83. The molecule has 0 spiro atoms. The molecule has 1 aromatic heterocycles. The van der Waals surface area contributed by atoms with Gasteiger partial charge >= 0.3 is 0 Å². The van der Waals surface area contributed by atoms with Gasteiger partial charge in [0.2, 0.25) is 0 Å². The normalized spacial score (nSPS) is 17.9. The highest BCUT2D eigenvalue weighted by molar-refractivity contribution is 5.67. The maximum Gasteiger partial charge on any atom is 0.142 e. The molecule has 0 aliphatic carbocycles. The first kappa shape index (κ1) is 13.1. The second-order valence-electron chi connectivity index (χ2n) is 5.34. The summed E-state index contributed by atoms with van der Waals surface area (Å²) in [5.41, 5.74) is 2.88. The third-order valence-corrected chi connectivity index (χ3v) is 3.68. The molecule has 0 amide bonds. The van der Waals surface area contributed by atoms with Gasteiger partial charge in [-0.25, -0.2) is 9.37 Å². The number of aromatic nitrogens is 1. The van der Waals surface area contributed by atoms with Gasteiger partial charge < -0.3 is 10.0 Å². The highest BCUT2D eigenvalue weighted by atomic mass is 19.1. The third kappa shape index (κ3) is 2.27. The fraction of sp³-hybridized carbons (Fsp3) is 0.312. The Labute approximate surface area is 117 Å². The molecule has 20 heavy (non-hydrogen) atoms. The van der Waals surface area contributed by atoms with Crippen molar-refractivity contribution in [1.82, 2.24) is 4.98 Å². The van der Waals surface area contributed by atoms with E-state index in [0.29, 0.717) is 17.3 Å². The van der Waals surface area contributed by atoms with E-state index in [2.05, 4.69) is 22.9 Å². The monoisotopic (exact) mass is 272 g/mol. The molecule has 0 saturated heterocycles. The van der Waals surface area contributed by atoms with E-state index in [-0.39, 0.29) is 6.61 Å². The van der Waals surface area contributed by atoms with Crippen LogP contribution in [-0.2, 0) is 13.0 Å². The Bertz CT molecular complexity index is 630. The Kier molecular flexibility index (Phi) is 3.40. The Balaban J connectivity index is 2.10. The molecule has 2 aromatic rings. The quantitative estimate of drug-likeness (QED) is 0.913. The number of aliphatic hydroxyl groups excluding tert-OH is 1. The zero-order chi connectivity index (χ0) is 14.1. The van der Waals surface area contributed by atoms with Crippen LogP contribution in [0, 0.1) is 11.7 Å². The molecular weight excluding hydrogens is 255 g/mol. The highest BCUT2D eigenvalue weighted by Gasteiger charge is 2.25. The van der Waals surface area contributed by atoms with Crippen molar-refractivity contribution in [2.45, 2.75) is 20.0 Å². The van der Waals surface area contributed by atoms with Crippen LogP contribution in [-0.4, -0.2) is 16.6 Å². The molecule has 4 heteroatoms. The van der Waals surface area contributed by atoms with Crippen LogP contribution in [0.15, 0.2) is 36.5 Å². The van der Waals surface area contributed by atoms with Gasteiger partial charge in [0.15, 0.2) is 0 Å². The maximum absolute atomic E-state index is 13.3. The molecule has 2 heterocycles. The zero-order valence-corrected chi connectivity index (χ0v) is 11.4. The largest absolute Gasteiger partial charge is 0.392 e. The number of hydrogen-bond donors (Lipinski definition) is 1. The van der Waals surface area contributed by atoms with E-state index in [9.17, 15) is 9.50 Å². The molecule has 1 aliphatic rings. The van der Waals surface area contributed by atoms with Crippen molar-refractivity contribution >= 4 is 11.5 Å². The predicted octanol–water partition coefficient (Wildman–Crippen LogP) is 3.04. The fourth-order valence-electron chi connectivity index (χ4n) is 2.83. The summed E-state index contributed by atoms with van der Waals surface area (Å²) >= 11 is 0. The molecule has 1 N–H and O–H groups in total. The van der Waals surface area contributed by atoms with Crippen molar-refractivity contribution in [3.8, 4) is 0 Å². The summed E-state index contributed by atoms with van der Waals surface area (Å²) in [5.74, 6) is 0.715. The number of fused-ring (bicyclic) bond motifs is 1. The van der Waals surface area contributed by atoms with E-state index in [1.165, 1.54) is 17.8 Å². The van der Waals surface area contributed by atoms with Crippen molar-refractivity contribution in [2.24, 2.45) is 5.92 Å². The van der Waals surface area contributed by atoms with Crippen molar-refractivity contribution in [1.29, 1.82) is 0 Å². The maximum atomic E-state index is 13.3. The average Bonchev–Trinajstić information content (AvgIpc) is 2.46. The van der Waals surface area contributed by atoms with Crippen LogP contribution >= 0.6 is 0 Å². The second kappa shape index (κ2) is 5.21.